The molecule has 0 aliphatic rings. The molecule has 0 fully saturated rings. The third kappa shape index (κ3) is 2.85. The van der Waals surface area contributed by atoms with Crippen molar-refractivity contribution >= 4 is 44.9 Å². The average Bonchev–Trinajstić information content (AvgIpc) is 3.02. The minimum atomic E-state index is -0.0832. The van der Waals surface area contributed by atoms with Gasteiger partial charge in [-0.15, -0.1) is 0 Å². The maximum atomic E-state index is 12.6. The molecule has 130 valence electrons. The molecule has 0 saturated heterocycles. The average molecular weight is 364 g/mol. The second kappa shape index (κ2) is 6.50. The van der Waals surface area contributed by atoms with Crippen molar-refractivity contribution in [1.82, 2.24) is 0 Å². The fourth-order valence-corrected chi connectivity index (χ4v) is 3.59. The van der Waals surface area contributed by atoms with Gasteiger partial charge in [-0.2, -0.15) is 0 Å². The van der Waals surface area contributed by atoms with Crippen LogP contribution in [0.15, 0.2) is 59.2 Å². The van der Waals surface area contributed by atoms with E-state index in [-0.39, 0.29) is 12.3 Å². The smallest absolute Gasteiger partial charge is 0.228 e. The Labute approximate surface area is 156 Å². The molecule has 4 heteroatoms. The summed E-state index contributed by atoms with van der Waals surface area (Å²) in [5.74, 6) is -0.0832. The highest BCUT2D eigenvalue weighted by Crippen LogP contribution is 2.33. The lowest BCUT2D eigenvalue weighted by Gasteiger charge is -2.09. The summed E-state index contributed by atoms with van der Waals surface area (Å²) in [6.45, 7) is 3.91. The molecule has 3 nitrogen and oxygen atoms in total. The largest absolute Gasteiger partial charge is 0.464 e. The van der Waals surface area contributed by atoms with Gasteiger partial charge in [0.05, 0.1) is 12.7 Å². The van der Waals surface area contributed by atoms with E-state index >= 15 is 0 Å². The SMILES string of the molecule is Cc1cc2occ(CC(=O)Nc3cccc4ccccc34)c2c(C)c1Cl. The Balaban J connectivity index is 1.65. The Morgan fingerprint density at radius 2 is 1.88 bits per heavy atom. The van der Waals surface area contributed by atoms with Crippen LogP contribution in [0, 0.1) is 13.8 Å². The zero-order valence-electron chi connectivity index (χ0n) is 14.6. The van der Waals surface area contributed by atoms with Crippen LogP contribution in [0.3, 0.4) is 0 Å². The van der Waals surface area contributed by atoms with Crippen molar-refractivity contribution in [3.05, 3.63) is 76.5 Å². The number of hydrogen-bond donors (Lipinski definition) is 1. The van der Waals surface area contributed by atoms with Crippen molar-refractivity contribution in [2.24, 2.45) is 0 Å². The summed E-state index contributed by atoms with van der Waals surface area (Å²) in [4.78, 5) is 12.6. The Morgan fingerprint density at radius 3 is 2.73 bits per heavy atom. The molecule has 1 heterocycles. The van der Waals surface area contributed by atoms with Crippen LogP contribution in [-0.4, -0.2) is 5.91 Å². The molecule has 4 rings (SSSR count). The number of fused-ring (bicyclic) bond motifs is 2. The Morgan fingerprint density at radius 1 is 1.12 bits per heavy atom. The van der Waals surface area contributed by atoms with E-state index in [9.17, 15) is 4.79 Å². The molecule has 0 spiro atoms. The number of carbonyl (C=O) groups excluding carboxylic acids is 1. The molecule has 1 amide bonds. The summed E-state index contributed by atoms with van der Waals surface area (Å²) >= 11 is 6.37. The topological polar surface area (TPSA) is 42.2 Å². The second-order valence-electron chi connectivity index (χ2n) is 6.52. The number of hydrogen-bond acceptors (Lipinski definition) is 2. The molecular formula is C22H18ClNO2. The van der Waals surface area contributed by atoms with Crippen molar-refractivity contribution in [3.63, 3.8) is 0 Å². The van der Waals surface area contributed by atoms with Crippen molar-refractivity contribution in [1.29, 1.82) is 0 Å². The first kappa shape index (κ1) is 16.7. The molecule has 0 aliphatic heterocycles. The van der Waals surface area contributed by atoms with Gasteiger partial charge in [-0.05, 0) is 42.5 Å². The highest BCUT2D eigenvalue weighted by Gasteiger charge is 2.16. The number of amides is 1. The molecule has 26 heavy (non-hydrogen) atoms. The van der Waals surface area contributed by atoms with Gasteiger partial charge in [0.1, 0.15) is 5.58 Å². The summed E-state index contributed by atoms with van der Waals surface area (Å²) in [6.07, 6.45) is 1.88. The van der Waals surface area contributed by atoms with Gasteiger partial charge in [-0.25, -0.2) is 0 Å². The number of aryl methyl sites for hydroxylation is 2. The Bertz CT molecular complexity index is 1140. The molecular weight excluding hydrogens is 346 g/mol. The first-order chi connectivity index (χ1) is 12.5. The normalized spacial score (nSPS) is 11.2. The monoisotopic (exact) mass is 363 g/mol. The van der Waals surface area contributed by atoms with E-state index < -0.39 is 0 Å². The number of carbonyl (C=O) groups is 1. The summed E-state index contributed by atoms with van der Waals surface area (Å²) < 4.78 is 5.65. The van der Waals surface area contributed by atoms with E-state index in [2.05, 4.69) is 5.32 Å². The molecule has 1 aromatic heterocycles. The first-order valence-electron chi connectivity index (χ1n) is 8.48. The van der Waals surface area contributed by atoms with Gasteiger partial charge in [0.2, 0.25) is 5.91 Å². The number of benzene rings is 3. The quantitative estimate of drug-likeness (QED) is 0.482. The third-order valence-corrected chi connectivity index (χ3v) is 5.29. The van der Waals surface area contributed by atoms with E-state index in [1.165, 1.54) is 0 Å². The minimum Gasteiger partial charge on any atom is -0.464 e. The number of nitrogens with one attached hydrogen (secondary N) is 1. The molecule has 0 atom stereocenters. The molecule has 4 aromatic rings. The first-order valence-corrected chi connectivity index (χ1v) is 8.86. The van der Waals surface area contributed by atoms with E-state index in [1.54, 1.807) is 6.26 Å². The van der Waals surface area contributed by atoms with Crippen LogP contribution in [0.4, 0.5) is 5.69 Å². The standard InChI is InChI=1S/C22H18ClNO2/c1-13-10-19-21(14(2)22(13)23)16(12-26-19)11-20(25)24-18-9-5-7-15-6-3-4-8-17(15)18/h3-10,12H,11H2,1-2H3,(H,24,25). The van der Waals surface area contributed by atoms with Gasteiger partial charge in [-0.1, -0.05) is 48.0 Å². The third-order valence-electron chi connectivity index (χ3n) is 4.71. The summed E-state index contributed by atoms with van der Waals surface area (Å²) in [5.41, 5.74) is 4.34. The number of furan rings is 1. The summed E-state index contributed by atoms with van der Waals surface area (Å²) in [6, 6.07) is 15.8. The molecule has 3 aromatic carbocycles. The number of halogens is 1. The van der Waals surface area contributed by atoms with Gasteiger partial charge in [-0.3, -0.25) is 4.79 Å². The van der Waals surface area contributed by atoms with Crippen molar-refractivity contribution < 1.29 is 9.21 Å². The van der Waals surface area contributed by atoms with E-state index in [0.29, 0.717) is 0 Å². The maximum absolute atomic E-state index is 12.6. The van der Waals surface area contributed by atoms with Crippen LogP contribution in [0.1, 0.15) is 16.7 Å². The Hall–Kier alpha value is -2.78. The zero-order valence-corrected chi connectivity index (χ0v) is 15.4. The van der Waals surface area contributed by atoms with Gasteiger partial charge >= 0.3 is 0 Å². The van der Waals surface area contributed by atoms with Crippen molar-refractivity contribution in [3.8, 4) is 0 Å². The molecule has 0 unspecified atom stereocenters. The second-order valence-corrected chi connectivity index (χ2v) is 6.90. The fourth-order valence-electron chi connectivity index (χ4n) is 3.44. The van der Waals surface area contributed by atoms with Crippen molar-refractivity contribution in [2.75, 3.05) is 5.32 Å². The summed E-state index contributed by atoms with van der Waals surface area (Å²) in [5, 5.41) is 6.78. The fraction of sp³-hybridized carbons (Fsp3) is 0.136. The number of rotatable bonds is 3. The predicted octanol–water partition coefficient (Wildman–Crippen LogP) is 6.04. The highest BCUT2D eigenvalue weighted by atomic mass is 35.5. The van der Waals surface area contributed by atoms with Gasteiger partial charge in [0.15, 0.2) is 0 Å². The van der Waals surface area contributed by atoms with Crippen LogP contribution < -0.4 is 5.32 Å². The van der Waals surface area contributed by atoms with E-state index in [1.807, 2.05) is 62.4 Å². The molecule has 0 aliphatic carbocycles. The van der Waals surface area contributed by atoms with Crippen LogP contribution in [-0.2, 0) is 11.2 Å². The van der Waals surface area contributed by atoms with Crippen LogP contribution in [0.25, 0.3) is 21.7 Å². The Kier molecular flexibility index (Phi) is 4.17. The molecule has 0 radical (unpaired) electrons. The zero-order chi connectivity index (χ0) is 18.3. The van der Waals surface area contributed by atoms with Crippen LogP contribution in [0.5, 0.6) is 0 Å². The van der Waals surface area contributed by atoms with Crippen LogP contribution >= 0.6 is 11.6 Å². The van der Waals surface area contributed by atoms with Crippen LogP contribution in [0.2, 0.25) is 5.02 Å². The maximum Gasteiger partial charge on any atom is 0.228 e. The highest BCUT2D eigenvalue weighted by molar-refractivity contribution is 6.33. The van der Waals surface area contributed by atoms with E-state index in [0.717, 1.165) is 49.1 Å². The summed E-state index contributed by atoms with van der Waals surface area (Å²) in [7, 11) is 0. The van der Waals surface area contributed by atoms with Gasteiger partial charge < -0.3 is 9.73 Å². The lowest BCUT2D eigenvalue weighted by atomic mass is 10.0. The number of anilines is 1. The lowest BCUT2D eigenvalue weighted by molar-refractivity contribution is -0.115. The van der Waals surface area contributed by atoms with E-state index in [4.69, 9.17) is 16.0 Å². The van der Waals surface area contributed by atoms with Gasteiger partial charge in [0, 0.05) is 27.0 Å². The molecule has 0 saturated carbocycles. The lowest BCUT2D eigenvalue weighted by Crippen LogP contribution is -2.14. The van der Waals surface area contributed by atoms with Gasteiger partial charge in [0.25, 0.3) is 0 Å². The minimum absolute atomic E-state index is 0.0832. The van der Waals surface area contributed by atoms with Crippen molar-refractivity contribution in [2.45, 2.75) is 20.3 Å². The predicted molar refractivity (Wildman–Crippen MR) is 107 cm³/mol. The molecule has 0 bridgehead atoms. The molecule has 1 N–H and O–H groups in total.